The predicted octanol–water partition coefficient (Wildman–Crippen LogP) is 2.55. The first-order valence-corrected chi connectivity index (χ1v) is 3.93. The van der Waals surface area contributed by atoms with Crippen molar-refractivity contribution in [3.05, 3.63) is 47.4 Å². The molecule has 0 N–H and O–H groups in total. The van der Waals surface area contributed by atoms with Gasteiger partial charge in [0, 0.05) is 0 Å². The Balaban J connectivity index is 2.54. The molecule has 0 amide bonds. The lowest BCUT2D eigenvalue weighted by Crippen LogP contribution is -2.01. The highest BCUT2D eigenvalue weighted by molar-refractivity contribution is 5.63. The van der Waals surface area contributed by atoms with Gasteiger partial charge in [-0.2, -0.15) is 5.26 Å². The first-order chi connectivity index (χ1) is 5.92. The molecule has 1 nitrogen and oxygen atoms in total. The van der Waals surface area contributed by atoms with Crippen LogP contribution in [-0.4, -0.2) is 0 Å². The zero-order chi connectivity index (χ0) is 8.39. The van der Waals surface area contributed by atoms with Crippen molar-refractivity contribution < 1.29 is 0 Å². The van der Waals surface area contributed by atoms with Gasteiger partial charge in [0.2, 0.25) is 0 Å². The lowest BCUT2D eigenvalue weighted by molar-refractivity contribution is 1.10. The van der Waals surface area contributed by atoms with E-state index >= 15 is 0 Å². The lowest BCUT2D eigenvalue weighted by atomic mass is 9.88. The van der Waals surface area contributed by atoms with Crippen LogP contribution in [-0.2, 0) is 0 Å². The van der Waals surface area contributed by atoms with Gasteiger partial charge in [0.05, 0.1) is 6.07 Å². The van der Waals surface area contributed by atoms with E-state index in [1.165, 1.54) is 0 Å². The second-order valence-electron chi connectivity index (χ2n) is 2.78. The summed E-state index contributed by atoms with van der Waals surface area (Å²) in [7, 11) is 0. The van der Waals surface area contributed by atoms with Gasteiger partial charge in [0.25, 0.3) is 0 Å². The van der Waals surface area contributed by atoms with Gasteiger partial charge in [-0.25, -0.2) is 0 Å². The molecular weight excluding hydrogens is 146 g/mol. The van der Waals surface area contributed by atoms with E-state index in [4.69, 9.17) is 5.26 Å². The Labute approximate surface area is 72.0 Å². The maximum absolute atomic E-state index is 8.82. The van der Waals surface area contributed by atoms with Crippen molar-refractivity contribution in [3.8, 4) is 6.07 Å². The van der Waals surface area contributed by atoms with E-state index in [0.717, 1.165) is 23.5 Å². The highest BCUT2D eigenvalue weighted by Crippen LogP contribution is 2.27. The third-order valence-corrected chi connectivity index (χ3v) is 2.04. The van der Waals surface area contributed by atoms with Crippen molar-refractivity contribution >= 4 is 6.08 Å². The molecule has 0 saturated carbocycles. The molecule has 0 atom stereocenters. The molecule has 0 bridgehead atoms. The molecule has 12 heavy (non-hydrogen) atoms. The van der Waals surface area contributed by atoms with Crippen LogP contribution in [0.15, 0.2) is 30.3 Å². The molecular formula is C11H8N. The molecule has 0 unspecified atom stereocenters. The van der Waals surface area contributed by atoms with Crippen molar-refractivity contribution in [2.24, 2.45) is 0 Å². The monoisotopic (exact) mass is 154 g/mol. The Morgan fingerprint density at radius 1 is 1.25 bits per heavy atom. The van der Waals surface area contributed by atoms with Crippen LogP contribution in [0.3, 0.4) is 0 Å². The van der Waals surface area contributed by atoms with Crippen LogP contribution in [0.2, 0.25) is 0 Å². The highest BCUT2D eigenvalue weighted by atomic mass is 14.3. The summed E-state index contributed by atoms with van der Waals surface area (Å²) in [6.07, 6.45) is 4.87. The lowest BCUT2D eigenvalue weighted by Gasteiger charge is -2.13. The largest absolute Gasteiger partial charge is 0.197 e. The van der Waals surface area contributed by atoms with E-state index in [1.807, 2.05) is 30.3 Å². The molecule has 0 fully saturated rings. The molecule has 1 aliphatic rings. The number of nitrogens with zero attached hydrogens (tertiary/aromatic N) is 1. The first kappa shape index (κ1) is 7.12. The molecule has 1 aromatic rings. The number of hydrogen-bond donors (Lipinski definition) is 0. The number of benzene rings is 1. The number of hydrogen-bond acceptors (Lipinski definition) is 1. The minimum atomic E-state index is 0.771. The standard InChI is InChI=1S/C11H8N/c12-8-10-6-3-5-9-4-1-2-7-11(9)10/h1-5,7H,6H2. The predicted molar refractivity (Wildman–Crippen MR) is 48.1 cm³/mol. The van der Waals surface area contributed by atoms with Crippen LogP contribution < -0.4 is 0 Å². The van der Waals surface area contributed by atoms with Crippen molar-refractivity contribution in [1.82, 2.24) is 0 Å². The van der Waals surface area contributed by atoms with Gasteiger partial charge in [-0.15, -0.1) is 0 Å². The first-order valence-electron chi connectivity index (χ1n) is 3.93. The third kappa shape index (κ3) is 1.02. The number of nitriles is 1. The summed E-state index contributed by atoms with van der Waals surface area (Å²) in [4.78, 5) is 0. The summed E-state index contributed by atoms with van der Waals surface area (Å²) in [5.41, 5.74) is 2.24. The molecule has 1 aromatic carbocycles. The van der Waals surface area contributed by atoms with Gasteiger partial charge in [0.15, 0.2) is 0 Å². The van der Waals surface area contributed by atoms with Gasteiger partial charge < -0.3 is 0 Å². The average molecular weight is 154 g/mol. The van der Waals surface area contributed by atoms with Gasteiger partial charge in [0.1, 0.15) is 5.92 Å². The smallest absolute Gasteiger partial charge is 0.109 e. The zero-order valence-corrected chi connectivity index (χ0v) is 6.62. The molecule has 0 aliphatic heterocycles. The minimum Gasteiger partial charge on any atom is -0.197 e. The van der Waals surface area contributed by atoms with Gasteiger partial charge in [-0.3, -0.25) is 0 Å². The normalized spacial score (nSPS) is 15.2. The summed E-state index contributed by atoms with van der Waals surface area (Å²) < 4.78 is 0. The van der Waals surface area contributed by atoms with Crippen LogP contribution >= 0.6 is 0 Å². The summed E-state index contributed by atoms with van der Waals surface area (Å²) in [5, 5.41) is 8.82. The van der Waals surface area contributed by atoms with E-state index in [0.29, 0.717) is 0 Å². The van der Waals surface area contributed by atoms with Crippen molar-refractivity contribution in [2.45, 2.75) is 6.42 Å². The molecule has 1 heteroatoms. The van der Waals surface area contributed by atoms with Crippen LogP contribution in [0.4, 0.5) is 0 Å². The fraction of sp³-hybridized carbons (Fsp3) is 0.0909. The minimum absolute atomic E-state index is 0.771. The molecule has 1 aliphatic carbocycles. The summed E-state index contributed by atoms with van der Waals surface area (Å²) in [6, 6.07) is 10.2. The molecule has 1 radical (unpaired) electrons. The summed E-state index contributed by atoms with van der Waals surface area (Å²) >= 11 is 0. The van der Waals surface area contributed by atoms with Crippen LogP contribution in [0, 0.1) is 17.2 Å². The van der Waals surface area contributed by atoms with Crippen LogP contribution in [0.1, 0.15) is 17.5 Å². The average Bonchev–Trinajstić information content (AvgIpc) is 2.17. The molecule has 0 saturated heterocycles. The van der Waals surface area contributed by atoms with E-state index in [-0.39, 0.29) is 0 Å². The Hall–Kier alpha value is -1.55. The number of allylic oxidation sites excluding steroid dienone is 1. The summed E-state index contributed by atoms with van der Waals surface area (Å²) in [6.45, 7) is 0. The van der Waals surface area contributed by atoms with Crippen LogP contribution in [0.25, 0.3) is 6.08 Å². The summed E-state index contributed by atoms with van der Waals surface area (Å²) in [5.74, 6) is 0.869. The van der Waals surface area contributed by atoms with E-state index in [9.17, 15) is 0 Å². The fourth-order valence-electron chi connectivity index (χ4n) is 1.44. The topological polar surface area (TPSA) is 23.8 Å². The Kier molecular flexibility index (Phi) is 1.68. The SMILES string of the molecule is N#C[C]1CC=Cc2ccccc21. The number of fused-ring (bicyclic) bond motifs is 1. The Morgan fingerprint density at radius 2 is 2.08 bits per heavy atom. The maximum Gasteiger partial charge on any atom is 0.109 e. The Morgan fingerprint density at radius 3 is 2.92 bits per heavy atom. The van der Waals surface area contributed by atoms with E-state index < -0.39 is 0 Å². The molecule has 57 valence electrons. The second kappa shape index (κ2) is 2.83. The molecule has 0 heterocycles. The second-order valence-corrected chi connectivity index (χ2v) is 2.78. The van der Waals surface area contributed by atoms with E-state index in [1.54, 1.807) is 0 Å². The van der Waals surface area contributed by atoms with Crippen molar-refractivity contribution in [3.63, 3.8) is 0 Å². The third-order valence-electron chi connectivity index (χ3n) is 2.04. The molecule has 0 aromatic heterocycles. The van der Waals surface area contributed by atoms with Crippen molar-refractivity contribution in [2.75, 3.05) is 0 Å². The number of rotatable bonds is 0. The maximum atomic E-state index is 8.82. The zero-order valence-electron chi connectivity index (χ0n) is 6.62. The molecule has 2 rings (SSSR count). The van der Waals surface area contributed by atoms with Gasteiger partial charge >= 0.3 is 0 Å². The molecule has 0 spiro atoms. The van der Waals surface area contributed by atoms with E-state index in [2.05, 4.69) is 12.1 Å². The highest BCUT2D eigenvalue weighted by Gasteiger charge is 2.15. The van der Waals surface area contributed by atoms with Gasteiger partial charge in [-0.05, 0) is 17.5 Å². The quantitative estimate of drug-likeness (QED) is 0.563. The fourth-order valence-corrected chi connectivity index (χ4v) is 1.44. The van der Waals surface area contributed by atoms with Crippen LogP contribution in [0.5, 0.6) is 0 Å². The Bertz CT molecular complexity index is 358. The van der Waals surface area contributed by atoms with Crippen molar-refractivity contribution in [1.29, 1.82) is 5.26 Å². The van der Waals surface area contributed by atoms with Gasteiger partial charge in [-0.1, -0.05) is 36.4 Å².